The number of rotatable bonds is 3. The minimum Gasteiger partial charge on any atom is -0.369 e. The SMILES string of the molecule is CN1C(N)=NC(C)(c2cc(NC(=O)c3cn(C)nc3C(F)(F)F)ccc2F)C2(CC2)S1(=O)=O. The van der Waals surface area contributed by atoms with E-state index in [0.29, 0.717) is 0 Å². The lowest BCUT2D eigenvalue weighted by atomic mass is 9.86. The second kappa shape index (κ2) is 6.92. The molecule has 0 bridgehead atoms. The van der Waals surface area contributed by atoms with Crippen molar-refractivity contribution in [2.45, 2.75) is 36.2 Å². The van der Waals surface area contributed by atoms with Crippen molar-refractivity contribution in [3.8, 4) is 0 Å². The molecule has 1 amide bonds. The zero-order chi connectivity index (χ0) is 24.6. The summed E-state index contributed by atoms with van der Waals surface area (Å²) >= 11 is 0. The van der Waals surface area contributed by atoms with E-state index >= 15 is 0 Å². The van der Waals surface area contributed by atoms with Crippen molar-refractivity contribution in [1.82, 2.24) is 14.1 Å². The summed E-state index contributed by atoms with van der Waals surface area (Å²) in [6.45, 7) is 1.43. The number of guanidine groups is 1. The van der Waals surface area contributed by atoms with Crippen LogP contribution in [-0.4, -0.2) is 46.2 Å². The third kappa shape index (κ3) is 3.26. The Labute approximate surface area is 186 Å². The predicted molar refractivity (Wildman–Crippen MR) is 110 cm³/mol. The van der Waals surface area contributed by atoms with Crippen LogP contribution < -0.4 is 11.1 Å². The van der Waals surface area contributed by atoms with Gasteiger partial charge in [-0.25, -0.2) is 22.1 Å². The van der Waals surface area contributed by atoms with Gasteiger partial charge in [0.25, 0.3) is 5.91 Å². The number of hydrogen-bond donors (Lipinski definition) is 2. The Balaban J connectivity index is 1.76. The van der Waals surface area contributed by atoms with Gasteiger partial charge in [-0.15, -0.1) is 0 Å². The number of aryl methyl sites for hydroxylation is 1. The highest BCUT2D eigenvalue weighted by molar-refractivity contribution is 7.91. The van der Waals surface area contributed by atoms with Crippen LogP contribution in [-0.2, 0) is 28.8 Å². The number of benzene rings is 1. The van der Waals surface area contributed by atoms with Gasteiger partial charge in [0.1, 0.15) is 16.1 Å². The van der Waals surface area contributed by atoms with Gasteiger partial charge in [-0.1, -0.05) is 0 Å². The highest BCUT2D eigenvalue weighted by Gasteiger charge is 2.70. The van der Waals surface area contributed by atoms with Crippen LogP contribution in [0.3, 0.4) is 0 Å². The van der Waals surface area contributed by atoms with Crippen molar-refractivity contribution in [2.75, 3.05) is 12.4 Å². The number of nitrogens with one attached hydrogen (secondary N) is 1. The molecule has 2 aromatic rings. The third-order valence-corrected chi connectivity index (χ3v) is 8.90. The Bertz CT molecular complexity index is 1300. The maximum atomic E-state index is 14.9. The quantitative estimate of drug-likeness (QED) is 0.642. The maximum absolute atomic E-state index is 14.9. The summed E-state index contributed by atoms with van der Waals surface area (Å²) in [7, 11) is -1.47. The smallest absolute Gasteiger partial charge is 0.369 e. The number of amides is 1. The van der Waals surface area contributed by atoms with Gasteiger partial charge in [0.05, 0.1) is 5.56 Å². The number of nitrogens with two attached hydrogens (primary N) is 1. The van der Waals surface area contributed by atoms with Crippen LogP contribution in [0.4, 0.5) is 23.2 Å². The van der Waals surface area contributed by atoms with Gasteiger partial charge in [-0.05, 0) is 38.0 Å². The summed E-state index contributed by atoms with van der Waals surface area (Å²) in [5, 5.41) is 5.59. The average Bonchev–Trinajstić information content (AvgIpc) is 3.44. The number of carbonyl (C=O) groups excluding carboxylic acids is 1. The number of nitrogens with zero attached hydrogens (tertiary/aromatic N) is 4. The third-order valence-electron chi connectivity index (χ3n) is 6.20. The molecule has 1 aromatic carbocycles. The van der Waals surface area contributed by atoms with Crippen LogP contribution >= 0.6 is 0 Å². The molecule has 1 aliphatic heterocycles. The largest absolute Gasteiger partial charge is 0.435 e. The molecule has 1 saturated carbocycles. The Morgan fingerprint density at radius 1 is 1.24 bits per heavy atom. The molecule has 3 N–H and O–H groups in total. The monoisotopic (exact) mass is 488 g/mol. The van der Waals surface area contributed by atoms with Crippen LogP contribution in [0.2, 0.25) is 0 Å². The zero-order valence-corrected chi connectivity index (χ0v) is 18.6. The van der Waals surface area contributed by atoms with Crippen molar-refractivity contribution in [3.63, 3.8) is 0 Å². The first-order valence-corrected chi connectivity index (χ1v) is 11.1. The van der Waals surface area contributed by atoms with Crippen molar-refractivity contribution in [2.24, 2.45) is 17.8 Å². The lowest BCUT2D eigenvalue weighted by Gasteiger charge is -2.42. The Morgan fingerprint density at radius 3 is 2.45 bits per heavy atom. The van der Waals surface area contributed by atoms with Gasteiger partial charge in [0.15, 0.2) is 5.69 Å². The Morgan fingerprint density at radius 2 is 1.88 bits per heavy atom. The van der Waals surface area contributed by atoms with Crippen molar-refractivity contribution in [1.29, 1.82) is 0 Å². The molecule has 2 heterocycles. The minimum atomic E-state index is -4.86. The van der Waals surface area contributed by atoms with Crippen LogP contribution in [0.15, 0.2) is 29.4 Å². The molecule has 33 heavy (non-hydrogen) atoms. The standard InChI is InChI=1S/C19H20F4N6O3S/c1-17(18(6-7-18)33(31,32)29(3)16(24)26-17)12-8-10(4-5-13(12)20)25-15(30)11-9-28(2)27-14(11)19(21,22)23/h4-5,8-9H,6-7H2,1-3H3,(H2,24,26)(H,25,30). The molecular formula is C19H20F4N6O3S. The molecule has 1 unspecified atom stereocenters. The number of carbonyl (C=O) groups is 1. The number of hydrogen-bond acceptors (Lipinski definition) is 6. The fourth-order valence-electron chi connectivity index (χ4n) is 4.24. The van der Waals surface area contributed by atoms with Crippen LogP contribution in [0.5, 0.6) is 0 Å². The average molecular weight is 488 g/mol. The summed E-state index contributed by atoms with van der Waals surface area (Å²) < 4.78 is 80.9. The number of aromatic nitrogens is 2. The van der Waals surface area contributed by atoms with Gasteiger partial charge < -0.3 is 11.1 Å². The fraction of sp³-hybridized carbons (Fsp3) is 0.421. The highest BCUT2D eigenvalue weighted by atomic mass is 32.2. The first kappa shape index (κ1) is 23.0. The Hall–Kier alpha value is -3.16. The first-order valence-electron chi connectivity index (χ1n) is 9.70. The van der Waals surface area contributed by atoms with E-state index in [9.17, 15) is 30.8 Å². The number of anilines is 1. The zero-order valence-electron chi connectivity index (χ0n) is 17.7. The van der Waals surface area contributed by atoms with E-state index < -0.39 is 49.5 Å². The first-order chi connectivity index (χ1) is 15.1. The minimum absolute atomic E-state index is 0.0458. The van der Waals surface area contributed by atoms with E-state index in [1.54, 1.807) is 0 Å². The molecule has 178 valence electrons. The van der Waals surface area contributed by atoms with Crippen molar-refractivity contribution < 1.29 is 30.8 Å². The van der Waals surface area contributed by atoms with Gasteiger partial charge in [-0.3, -0.25) is 9.48 Å². The highest BCUT2D eigenvalue weighted by Crippen LogP contribution is 2.60. The molecular weight excluding hydrogens is 468 g/mol. The molecule has 1 spiro atoms. The molecule has 2 aliphatic rings. The molecule has 1 aromatic heterocycles. The second-order valence-electron chi connectivity index (χ2n) is 8.22. The molecule has 14 heteroatoms. The van der Waals surface area contributed by atoms with Gasteiger partial charge in [0, 0.05) is 31.5 Å². The van der Waals surface area contributed by atoms with E-state index in [-0.39, 0.29) is 30.1 Å². The van der Waals surface area contributed by atoms with Gasteiger partial charge in [-0.2, -0.15) is 18.3 Å². The lowest BCUT2D eigenvalue weighted by molar-refractivity contribution is -0.141. The van der Waals surface area contributed by atoms with Crippen LogP contribution in [0.25, 0.3) is 0 Å². The maximum Gasteiger partial charge on any atom is 0.435 e. The van der Waals surface area contributed by atoms with Crippen molar-refractivity contribution in [3.05, 3.63) is 47.0 Å². The van der Waals surface area contributed by atoms with Crippen LogP contribution in [0, 0.1) is 5.82 Å². The van der Waals surface area contributed by atoms with E-state index in [1.807, 2.05) is 0 Å². The van der Waals surface area contributed by atoms with Gasteiger partial charge in [0.2, 0.25) is 16.0 Å². The van der Waals surface area contributed by atoms with Crippen LogP contribution in [0.1, 0.15) is 41.4 Å². The molecule has 0 saturated heterocycles. The number of alkyl halides is 3. The summed E-state index contributed by atoms with van der Waals surface area (Å²) in [6, 6.07) is 3.30. The molecule has 4 rings (SSSR count). The number of halogens is 4. The molecule has 9 nitrogen and oxygen atoms in total. The summed E-state index contributed by atoms with van der Waals surface area (Å²) in [4.78, 5) is 16.9. The van der Waals surface area contributed by atoms with Gasteiger partial charge >= 0.3 is 6.18 Å². The predicted octanol–water partition coefficient (Wildman–Crippen LogP) is 2.17. The lowest BCUT2D eigenvalue weighted by Crippen LogP contribution is -2.58. The van der Waals surface area contributed by atoms with E-state index in [1.165, 1.54) is 21.0 Å². The molecule has 1 atom stereocenters. The summed E-state index contributed by atoms with van der Waals surface area (Å²) in [5.41, 5.74) is 1.91. The summed E-state index contributed by atoms with van der Waals surface area (Å²) in [6.07, 6.45) is -3.51. The summed E-state index contributed by atoms with van der Waals surface area (Å²) in [5.74, 6) is -2.23. The van der Waals surface area contributed by atoms with E-state index in [2.05, 4.69) is 15.4 Å². The number of aliphatic imine (C=N–C) groups is 1. The fourth-order valence-corrected chi connectivity index (χ4v) is 6.33. The van der Waals surface area contributed by atoms with Crippen molar-refractivity contribution >= 4 is 27.6 Å². The topological polar surface area (TPSA) is 123 Å². The number of sulfonamides is 1. The normalized spacial score (nSPS) is 23.4. The Kier molecular flexibility index (Phi) is 4.82. The van der Waals surface area contributed by atoms with E-state index in [0.717, 1.165) is 33.4 Å². The molecule has 0 radical (unpaired) electrons. The molecule has 1 aliphatic carbocycles. The second-order valence-corrected chi connectivity index (χ2v) is 10.5. The molecule has 1 fully saturated rings. The van der Waals surface area contributed by atoms with E-state index in [4.69, 9.17) is 5.73 Å².